The Morgan fingerprint density at radius 1 is 1.45 bits per heavy atom. The average Bonchev–Trinajstić information content (AvgIpc) is 1.96. The number of hydrogen-bond acceptors (Lipinski definition) is 4. The highest BCUT2D eigenvalue weighted by Crippen LogP contribution is 2.21. The molecule has 0 aromatic heterocycles. The molecule has 0 aliphatic heterocycles. The maximum Gasteiger partial charge on any atom is 0.0650 e. The fourth-order valence-corrected chi connectivity index (χ4v) is 1.35. The van der Waals surface area contributed by atoms with E-state index in [4.69, 9.17) is 10.3 Å². The first kappa shape index (κ1) is 8.49. The normalized spacial score (nSPS) is 42.8. The van der Waals surface area contributed by atoms with Crippen LogP contribution in [0.3, 0.4) is 0 Å². The minimum atomic E-state index is -0.579. The Labute approximate surface area is 65.2 Å². The molecule has 4 heteroatoms. The molecule has 1 unspecified atom stereocenters. The lowest BCUT2D eigenvalue weighted by Crippen LogP contribution is -2.37. The van der Waals surface area contributed by atoms with Gasteiger partial charge < -0.3 is 15.4 Å². The molecule has 0 amide bonds. The monoisotopic (exact) mass is 159 g/mol. The molecular formula is C7H13NO3. The van der Waals surface area contributed by atoms with Gasteiger partial charge in [0.05, 0.1) is 17.9 Å². The molecule has 1 fully saturated rings. The third-order valence-electron chi connectivity index (χ3n) is 2.19. The van der Waals surface area contributed by atoms with E-state index in [1.165, 1.54) is 0 Å². The summed E-state index contributed by atoms with van der Waals surface area (Å²) in [5.74, 6) is -0.136. The average molecular weight is 159 g/mol. The second-order valence-corrected chi connectivity index (χ2v) is 3.04. The highest BCUT2D eigenvalue weighted by Gasteiger charge is 2.30. The van der Waals surface area contributed by atoms with Gasteiger partial charge in [0.25, 0.3) is 0 Å². The summed E-state index contributed by atoms with van der Waals surface area (Å²) >= 11 is 0. The van der Waals surface area contributed by atoms with Crippen LogP contribution in [-0.4, -0.2) is 33.3 Å². The van der Waals surface area contributed by atoms with Crippen molar-refractivity contribution >= 4 is 5.71 Å². The van der Waals surface area contributed by atoms with E-state index in [-0.39, 0.29) is 5.92 Å². The first-order valence-electron chi connectivity index (χ1n) is 3.72. The smallest absolute Gasteiger partial charge is 0.0650 e. The van der Waals surface area contributed by atoms with Gasteiger partial charge in [0.15, 0.2) is 0 Å². The lowest BCUT2D eigenvalue weighted by atomic mass is 9.84. The Hall–Kier alpha value is -0.610. The number of hydrogen-bond donors (Lipinski definition) is 3. The zero-order chi connectivity index (χ0) is 8.43. The minimum absolute atomic E-state index is 0.136. The van der Waals surface area contributed by atoms with Crippen molar-refractivity contribution in [1.82, 2.24) is 0 Å². The maximum absolute atomic E-state index is 9.30. The van der Waals surface area contributed by atoms with Crippen molar-refractivity contribution in [3.63, 3.8) is 0 Å². The van der Waals surface area contributed by atoms with Crippen LogP contribution >= 0.6 is 0 Å². The number of rotatable bonds is 0. The van der Waals surface area contributed by atoms with Gasteiger partial charge in [-0.05, 0) is 0 Å². The second kappa shape index (κ2) is 3.19. The molecule has 1 aliphatic carbocycles. The van der Waals surface area contributed by atoms with Gasteiger partial charge in [-0.2, -0.15) is 0 Å². The molecule has 4 nitrogen and oxygen atoms in total. The topological polar surface area (TPSA) is 73.1 Å². The Morgan fingerprint density at radius 2 is 2.09 bits per heavy atom. The third-order valence-corrected chi connectivity index (χ3v) is 2.19. The van der Waals surface area contributed by atoms with Gasteiger partial charge in [-0.15, -0.1) is 0 Å². The van der Waals surface area contributed by atoms with Crippen LogP contribution < -0.4 is 0 Å². The predicted octanol–water partition coefficient (Wildman–Crippen LogP) is -0.0317. The summed E-state index contributed by atoms with van der Waals surface area (Å²) in [5, 5.41) is 29.9. The van der Waals surface area contributed by atoms with E-state index in [9.17, 15) is 5.11 Å². The van der Waals surface area contributed by atoms with Gasteiger partial charge in [0.1, 0.15) is 0 Å². The molecular weight excluding hydrogens is 146 g/mol. The zero-order valence-corrected chi connectivity index (χ0v) is 6.44. The fraction of sp³-hybridized carbons (Fsp3) is 0.857. The molecule has 0 radical (unpaired) electrons. The molecule has 3 N–H and O–H groups in total. The largest absolute Gasteiger partial charge is 0.411 e. The molecule has 11 heavy (non-hydrogen) atoms. The van der Waals surface area contributed by atoms with E-state index >= 15 is 0 Å². The van der Waals surface area contributed by atoms with Crippen LogP contribution in [0.15, 0.2) is 5.16 Å². The Kier molecular flexibility index (Phi) is 2.46. The molecule has 1 rings (SSSR count). The minimum Gasteiger partial charge on any atom is -0.411 e. The van der Waals surface area contributed by atoms with E-state index in [1.54, 1.807) is 6.92 Å². The first-order valence-corrected chi connectivity index (χ1v) is 3.72. The molecule has 1 saturated carbocycles. The van der Waals surface area contributed by atoms with Crippen molar-refractivity contribution in [3.05, 3.63) is 0 Å². The third kappa shape index (κ3) is 1.70. The quantitative estimate of drug-likeness (QED) is 0.343. The number of aliphatic hydroxyl groups excluding tert-OH is 2. The number of nitrogens with zero attached hydrogens (tertiary/aromatic N) is 1. The van der Waals surface area contributed by atoms with Crippen molar-refractivity contribution in [3.8, 4) is 0 Å². The first-order chi connectivity index (χ1) is 5.15. The van der Waals surface area contributed by atoms with Crippen LogP contribution in [0.25, 0.3) is 0 Å². The predicted molar refractivity (Wildman–Crippen MR) is 39.6 cm³/mol. The van der Waals surface area contributed by atoms with E-state index < -0.39 is 12.2 Å². The van der Waals surface area contributed by atoms with Gasteiger partial charge in [-0.25, -0.2) is 0 Å². The lowest BCUT2D eigenvalue weighted by molar-refractivity contribution is 0.0500. The van der Waals surface area contributed by atoms with Crippen LogP contribution in [0.5, 0.6) is 0 Å². The zero-order valence-electron chi connectivity index (χ0n) is 6.44. The van der Waals surface area contributed by atoms with E-state index in [2.05, 4.69) is 5.16 Å². The SMILES string of the molecule is CC1/C(=N/O)C[C@@H](O)C[C@@H]1O. The summed E-state index contributed by atoms with van der Waals surface area (Å²) in [4.78, 5) is 0. The summed E-state index contributed by atoms with van der Waals surface area (Å²) in [7, 11) is 0. The molecule has 3 atom stereocenters. The summed E-state index contributed by atoms with van der Waals surface area (Å²) in [5.41, 5.74) is 0.483. The summed E-state index contributed by atoms with van der Waals surface area (Å²) < 4.78 is 0. The molecule has 0 saturated heterocycles. The highest BCUT2D eigenvalue weighted by atomic mass is 16.4. The van der Waals surface area contributed by atoms with Crippen molar-refractivity contribution in [2.24, 2.45) is 11.1 Å². The van der Waals surface area contributed by atoms with Crippen molar-refractivity contribution in [1.29, 1.82) is 0 Å². The summed E-state index contributed by atoms with van der Waals surface area (Å²) in [6, 6.07) is 0. The molecule has 0 aromatic carbocycles. The summed E-state index contributed by atoms with van der Waals surface area (Å²) in [6.45, 7) is 1.78. The molecule has 0 aromatic rings. The van der Waals surface area contributed by atoms with Crippen LogP contribution in [0.4, 0.5) is 0 Å². The molecule has 1 aliphatic rings. The second-order valence-electron chi connectivity index (χ2n) is 3.04. The number of aliphatic hydroxyl groups is 2. The lowest BCUT2D eigenvalue weighted by Gasteiger charge is -2.28. The standard InChI is InChI=1S/C7H13NO3/c1-4-6(8-11)2-5(9)3-7(4)10/h4-5,7,9-11H,2-3H2,1H3/b8-6+/t4?,5-,7+/m1/s1. The van der Waals surface area contributed by atoms with Crippen molar-refractivity contribution < 1.29 is 15.4 Å². The van der Waals surface area contributed by atoms with E-state index in [0.29, 0.717) is 18.6 Å². The highest BCUT2D eigenvalue weighted by molar-refractivity contribution is 5.87. The molecule has 0 bridgehead atoms. The van der Waals surface area contributed by atoms with Gasteiger partial charge in [-0.1, -0.05) is 12.1 Å². The fourth-order valence-electron chi connectivity index (χ4n) is 1.35. The maximum atomic E-state index is 9.30. The number of oxime groups is 1. The molecule has 0 spiro atoms. The van der Waals surface area contributed by atoms with Gasteiger partial charge in [0, 0.05) is 18.8 Å². The van der Waals surface area contributed by atoms with Gasteiger partial charge in [-0.3, -0.25) is 0 Å². The van der Waals surface area contributed by atoms with Crippen LogP contribution in [0, 0.1) is 5.92 Å². The van der Waals surface area contributed by atoms with Gasteiger partial charge in [0.2, 0.25) is 0 Å². The van der Waals surface area contributed by atoms with Gasteiger partial charge >= 0.3 is 0 Å². The van der Waals surface area contributed by atoms with E-state index in [1.807, 2.05) is 0 Å². The Morgan fingerprint density at radius 3 is 2.64 bits per heavy atom. The summed E-state index contributed by atoms with van der Waals surface area (Å²) in [6.07, 6.45) is -0.397. The van der Waals surface area contributed by atoms with Crippen molar-refractivity contribution in [2.75, 3.05) is 0 Å². The Bertz CT molecular complexity index is 169. The van der Waals surface area contributed by atoms with Crippen LogP contribution in [0.2, 0.25) is 0 Å². The molecule has 64 valence electrons. The Balaban J connectivity index is 2.67. The molecule has 0 heterocycles. The van der Waals surface area contributed by atoms with Crippen molar-refractivity contribution in [2.45, 2.75) is 32.0 Å². The van der Waals surface area contributed by atoms with Crippen LogP contribution in [0.1, 0.15) is 19.8 Å². The van der Waals surface area contributed by atoms with Crippen LogP contribution in [-0.2, 0) is 0 Å². The van der Waals surface area contributed by atoms with E-state index in [0.717, 1.165) is 0 Å².